The highest BCUT2D eigenvalue weighted by atomic mass is 32.1. The Balaban J connectivity index is 1.73. The van der Waals surface area contributed by atoms with E-state index in [1.54, 1.807) is 0 Å². The number of fused-ring (bicyclic) bond motifs is 1. The van der Waals surface area contributed by atoms with Gasteiger partial charge in [0, 0.05) is 11.4 Å². The third kappa shape index (κ3) is 2.64. The van der Waals surface area contributed by atoms with E-state index in [4.69, 9.17) is 10.7 Å². The summed E-state index contributed by atoms with van der Waals surface area (Å²) in [5.74, 6) is 0.760. The Morgan fingerprint density at radius 2 is 2.16 bits per heavy atom. The molecule has 0 radical (unpaired) electrons. The highest BCUT2D eigenvalue weighted by Crippen LogP contribution is 2.32. The summed E-state index contributed by atoms with van der Waals surface area (Å²) in [6.07, 6.45) is 7.53. The smallest absolute Gasteiger partial charge is 0.192 e. The van der Waals surface area contributed by atoms with Crippen LogP contribution in [-0.4, -0.2) is 23.4 Å². The van der Waals surface area contributed by atoms with Gasteiger partial charge in [0.05, 0.1) is 12.1 Å². The molecule has 1 aliphatic carbocycles. The first-order valence-electron chi connectivity index (χ1n) is 7.42. The number of rotatable bonds is 1. The highest BCUT2D eigenvalue weighted by Gasteiger charge is 2.26. The van der Waals surface area contributed by atoms with Crippen molar-refractivity contribution >= 4 is 17.3 Å². The van der Waals surface area contributed by atoms with Gasteiger partial charge in [-0.2, -0.15) is 0 Å². The maximum Gasteiger partial charge on any atom is 0.192 e. The van der Waals surface area contributed by atoms with Gasteiger partial charge >= 0.3 is 0 Å². The van der Waals surface area contributed by atoms with Crippen LogP contribution in [0.3, 0.4) is 0 Å². The first-order valence-corrected chi connectivity index (χ1v) is 8.30. The average Bonchev–Trinajstić information content (AvgIpc) is 2.89. The van der Waals surface area contributed by atoms with Crippen LogP contribution in [0, 0.1) is 0 Å². The molecule has 2 heterocycles. The molecule has 19 heavy (non-hydrogen) atoms. The standard InChI is InChI=1S/C15H23N3S/c1-11-13-8-10-19-14(13)7-9-18(11)15(16)17-12-5-3-2-4-6-12/h8,10-12H,2-7,9H2,1H3,(H2,16,17). The number of aliphatic imine (C=N–C) groups is 1. The monoisotopic (exact) mass is 277 g/mol. The van der Waals surface area contributed by atoms with Crippen LogP contribution in [0.5, 0.6) is 0 Å². The zero-order valence-corrected chi connectivity index (χ0v) is 12.5. The van der Waals surface area contributed by atoms with Gasteiger partial charge < -0.3 is 10.6 Å². The molecule has 1 aliphatic heterocycles. The van der Waals surface area contributed by atoms with Crippen molar-refractivity contribution in [2.24, 2.45) is 10.7 Å². The molecule has 2 N–H and O–H groups in total. The van der Waals surface area contributed by atoms with E-state index >= 15 is 0 Å². The Labute approximate surface area is 119 Å². The maximum atomic E-state index is 6.27. The molecule has 0 spiro atoms. The summed E-state index contributed by atoms with van der Waals surface area (Å²) in [6, 6.07) is 3.08. The quantitative estimate of drug-likeness (QED) is 0.632. The van der Waals surface area contributed by atoms with Crippen molar-refractivity contribution in [3.05, 3.63) is 21.9 Å². The van der Waals surface area contributed by atoms with Gasteiger partial charge in [-0.1, -0.05) is 19.3 Å². The first-order chi connectivity index (χ1) is 9.25. The summed E-state index contributed by atoms with van der Waals surface area (Å²) in [5, 5.41) is 2.19. The molecule has 0 amide bonds. The van der Waals surface area contributed by atoms with Crippen molar-refractivity contribution in [2.75, 3.05) is 6.54 Å². The van der Waals surface area contributed by atoms with Gasteiger partial charge in [-0.15, -0.1) is 11.3 Å². The van der Waals surface area contributed by atoms with Crippen LogP contribution in [0.15, 0.2) is 16.4 Å². The molecule has 3 rings (SSSR count). The van der Waals surface area contributed by atoms with Crippen molar-refractivity contribution in [3.8, 4) is 0 Å². The van der Waals surface area contributed by atoms with Crippen molar-refractivity contribution in [3.63, 3.8) is 0 Å². The van der Waals surface area contributed by atoms with Gasteiger partial charge in [0.1, 0.15) is 0 Å². The molecule has 1 saturated carbocycles. The van der Waals surface area contributed by atoms with E-state index in [1.165, 1.54) is 42.5 Å². The number of hydrogen-bond donors (Lipinski definition) is 1. The van der Waals surface area contributed by atoms with Crippen molar-refractivity contribution in [1.82, 2.24) is 4.90 Å². The molecular weight excluding hydrogens is 254 g/mol. The fourth-order valence-corrected chi connectivity index (χ4v) is 4.26. The number of thiophene rings is 1. The molecular formula is C15H23N3S. The van der Waals surface area contributed by atoms with Crippen molar-refractivity contribution < 1.29 is 0 Å². The second kappa shape index (κ2) is 5.53. The lowest BCUT2D eigenvalue weighted by Crippen LogP contribution is -2.43. The van der Waals surface area contributed by atoms with E-state index in [1.807, 2.05) is 11.3 Å². The predicted molar refractivity (Wildman–Crippen MR) is 81.6 cm³/mol. The Kier molecular flexibility index (Phi) is 3.78. The average molecular weight is 277 g/mol. The van der Waals surface area contributed by atoms with Gasteiger partial charge in [-0.05, 0) is 43.2 Å². The zero-order chi connectivity index (χ0) is 13.2. The molecule has 1 fully saturated rings. The van der Waals surface area contributed by atoms with Crippen LogP contribution in [0.2, 0.25) is 0 Å². The Morgan fingerprint density at radius 1 is 1.37 bits per heavy atom. The second-order valence-electron chi connectivity index (χ2n) is 5.70. The van der Waals surface area contributed by atoms with Crippen LogP contribution < -0.4 is 5.73 Å². The normalized spacial score (nSPS) is 25.4. The topological polar surface area (TPSA) is 41.6 Å². The Bertz CT molecular complexity index is 460. The summed E-state index contributed by atoms with van der Waals surface area (Å²) < 4.78 is 0. The molecule has 104 valence electrons. The number of guanidine groups is 1. The summed E-state index contributed by atoms with van der Waals surface area (Å²) in [5.41, 5.74) is 7.72. The van der Waals surface area contributed by atoms with Crippen LogP contribution >= 0.6 is 11.3 Å². The van der Waals surface area contributed by atoms with Crippen LogP contribution in [-0.2, 0) is 6.42 Å². The lowest BCUT2D eigenvalue weighted by Gasteiger charge is -2.35. The SMILES string of the molecule is CC1c2ccsc2CCN1C(N)=NC1CCCCC1. The van der Waals surface area contributed by atoms with E-state index < -0.39 is 0 Å². The largest absolute Gasteiger partial charge is 0.370 e. The molecule has 0 bridgehead atoms. The van der Waals surface area contributed by atoms with Crippen LogP contribution in [0.25, 0.3) is 0 Å². The van der Waals surface area contributed by atoms with Crippen molar-refractivity contribution in [2.45, 2.75) is 57.5 Å². The summed E-state index contributed by atoms with van der Waals surface area (Å²) in [4.78, 5) is 8.59. The van der Waals surface area contributed by atoms with Gasteiger partial charge in [-0.25, -0.2) is 4.99 Å². The first kappa shape index (κ1) is 13.0. The summed E-state index contributed by atoms with van der Waals surface area (Å²) >= 11 is 1.87. The molecule has 4 heteroatoms. The maximum absolute atomic E-state index is 6.27. The van der Waals surface area contributed by atoms with Gasteiger partial charge in [0.2, 0.25) is 0 Å². The van der Waals surface area contributed by atoms with E-state index in [0.717, 1.165) is 18.9 Å². The fourth-order valence-electron chi connectivity index (χ4n) is 3.29. The minimum absolute atomic E-state index is 0.377. The summed E-state index contributed by atoms with van der Waals surface area (Å²) in [7, 11) is 0. The molecule has 0 saturated heterocycles. The minimum atomic E-state index is 0.377. The molecule has 3 nitrogen and oxygen atoms in total. The van der Waals surface area contributed by atoms with E-state index in [0.29, 0.717) is 12.1 Å². The molecule has 1 aromatic rings. The van der Waals surface area contributed by atoms with Gasteiger partial charge in [0.15, 0.2) is 5.96 Å². The van der Waals surface area contributed by atoms with Gasteiger partial charge in [-0.3, -0.25) is 0 Å². The Hall–Kier alpha value is -1.03. The lowest BCUT2D eigenvalue weighted by atomic mass is 9.96. The van der Waals surface area contributed by atoms with Crippen LogP contribution in [0.1, 0.15) is 55.5 Å². The van der Waals surface area contributed by atoms with E-state index in [-0.39, 0.29) is 0 Å². The molecule has 1 unspecified atom stereocenters. The molecule has 1 atom stereocenters. The third-order valence-electron chi connectivity index (χ3n) is 4.46. The molecule has 2 aliphatic rings. The highest BCUT2D eigenvalue weighted by molar-refractivity contribution is 7.10. The van der Waals surface area contributed by atoms with E-state index in [2.05, 4.69) is 23.3 Å². The van der Waals surface area contributed by atoms with Crippen LogP contribution in [0.4, 0.5) is 0 Å². The third-order valence-corrected chi connectivity index (χ3v) is 5.46. The lowest BCUT2D eigenvalue weighted by molar-refractivity contribution is 0.313. The molecule has 1 aromatic heterocycles. The zero-order valence-electron chi connectivity index (χ0n) is 11.6. The fraction of sp³-hybridized carbons (Fsp3) is 0.667. The van der Waals surface area contributed by atoms with Crippen molar-refractivity contribution in [1.29, 1.82) is 0 Å². The molecule has 0 aromatic carbocycles. The number of nitrogens with zero attached hydrogens (tertiary/aromatic N) is 2. The van der Waals surface area contributed by atoms with Gasteiger partial charge in [0.25, 0.3) is 0 Å². The minimum Gasteiger partial charge on any atom is -0.370 e. The predicted octanol–water partition coefficient (Wildman–Crippen LogP) is 3.31. The second-order valence-corrected chi connectivity index (χ2v) is 6.70. The number of nitrogens with two attached hydrogens (primary N) is 1. The number of hydrogen-bond acceptors (Lipinski definition) is 2. The van der Waals surface area contributed by atoms with E-state index in [9.17, 15) is 0 Å². The Morgan fingerprint density at radius 3 is 2.95 bits per heavy atom. The summed E-state index contributed by atoms with van der Waals surface area (Å²) in [6.45, 7) is 3.25.